The highest BCUT2D eigenvalue weighted by Gasteiger charge is 2.41. The van der Waals surface area contributed by atoms with Gasteiger partial charge in [-0.3, -0.25) is 4.79 Å². The van der Waals surface area contributed by atoms with Gasteiger partial charge in [0.25, 0.3) is 0 Å². The predicted octanol–water partition coefficient (Wildman–Crippen LogP) is 6.45. The Bertz CT molecular complexity index is 736. The fourth-order valence-electron chi connectivity index (χ4n) is 3.50. The third kappa shape index (κ3) is 6.04. The number of Topliss-reactive ketones (excluding diaryl/α,β-unsaturated/α-hetero) is 1. The zero-order chi connectivity index (χ0) is 20.1. The molecule has 3 nitrogen and oxygen atoms in total. The van der Waals surface area contributed by atoms with E-state index in [-0.39, 0.29) is 12.2 Å². The minimum absolute atomic E-state index is 0.0690. The molecule has 2 rings (SSSR count). The first-order chi connectivity index (χ1) is 13.7. The summed E-state index contributed by atoms with van der Waals surface area (Å²) in [5, 5.41) is 9.20. The van der Waals surface area contributed by atoms with Crippen LogP contribution in [0.4, 0.5) is 0 Å². The Kier molecular flexibility index (Phi) is 9.45. The van der Waals surface area contributed by atoms with Gasteiger partial charge < -0.3 is 4.74 Å². The van der Waals surface area contributed by atoms with Gasteiger partial charge in [0.1, 0.15) is 0 Å². The summed E-state index contributed by atoms with van der Waals surface area (Å²) in [6, 6.07) is 21.1. The Morgan fingerprint density at radius 3 is 2.18 bits per heavy atom. The zero-order valence-electron chi connectivity index (χ0n) is 16.9. The summed E-state index contributed by atoms with van der Waals surface area (Å²) in [5.74, 6) is -0.0690. The lowest BCUT2D eigenvalue weighted by molar-refractivity contribution is -0.0355. The predicted molar refractivity (Wildman–Crippen MR) is 113 cm³/mol. The summed E-state index contributed by atoms with van der Waals surface area (Å²) in [6.07, 6.45) is 7.59. The number of rotatable bonds is 13. The van der Waals surface area contributed by atoms with Crippen LogP contribution in [0.2, 0.25) is 0 Å². The maximum absolute atomic E-state index is 13.5. The molecule has 28 heavy (non-hydrogen) atoms. The van der Waals surface area contributed by atoms with Crippen molar-refractivity contribution in [1.82, 2.24) is 0 Å². The molecular weight excluding hydrogens is 346 g/mol. The number of hydrogen-bond donors (Lipinski definition) is 0. The second-order valence-corrected chi connectivity index (χ2v) is 7.16. The van der Waals surface area contributed by atoms with Crippen LogP contribution in [-0.2, 0) is 10.3 Å². The van der Waals surface area contributed by atoms with E-state index in [4.69, 9.17) is 4.74 Å². The van der Waals surface area contributed by atoms with Crippen LogP contribution in [0.15, 0.2) is 60.7 Å². The first kappa shape index (κ1) is 21.9. The molecule has 0 fully saturated rings. The Labute approximate surface area is 169 Å². The van der Waals surface area contributed by atoms with E-state index in [1.54, 1.807) is 0 Å². The molecule has 0 aliphatic rings. The maximum atomic E-state index is 13.5. The molecule has 0 aliphatic heterocycles. The highest BCUT2D eigenvalue weighted by atomic mass is 16.5. The minimum Gasteiger partial charge on any atom is -0.362 e. The van der Waals surface area contributed by atoms with Crippen LogP contribution >= 0.6 is 0 Å². The van der Waals surface area contributed by atoms with Gasteiger partial charge in [0.05, 0.1) is 6.07 Å². The number of ketones is 1. The molecule has 0 amide bonds. The van der Waals surface area contributed by atoms with E-state index in [0.717, 1.165) is 18.4 Å². The van der Waals surface area contributed by atoms with E-state index < -0.39 is 5.60 Å². The van der Waals surface area contributed by atoms with Crippen LogP contribution in [0.5, 0.6) is 0 Å². The van der Waals surface area contributed by atoms with Crippen molar-refractivity contribution in [3.63, 3.8) is 0 Å². The van der Waals surface area contributed by atoms with Gasteiger partial charge in [-0.05, 0) is 12.0 Å². The molecule has 0 heterocycles. The largest absolute Gasteiger partial charge is 0.362 e. The number of unbranched alkanes of at least 4 members (excludes halogenated alkanes) is 5. The Hall–Kier alpha value is -2.44. The molecule has 3 heteroatoms. The molecule has 148 valence electrons. The molecule has 0 saturated carbocycles. The number of hydrogen-bond acceptors (Lipinski definition) is 3. The van der Waals surface area contributed by atoms with Crippen LogP contribution < -0.4 is 0 Å². The lowest BCUT2D eigenvalue weighted by Gasteiger charge is -2.33. The number of nitrogens with zero attached hydrogens (tertiary/aromatic N) is 1. The van der Waals surface area contributed by atoms with Crippen LogP contribution in [-0.4, -0.2) is 12.4 Å². The summed E-state index contributed by atoms with van der Waals surface area (Å²) < 4.78 is 6.34. The summed E-state index contributed by atoms with van der Waals surface area (Å²) >= 11 is 0. The van der Waals surface area contributed by atoms with Crippen molar-refractivity contribution in [3.05, 3.63) is 71.8 Å². The fraction of sp³-hybridized carbons (Fsp3) is 0.440. The zero-order valence-corrected chi connectivity index (χ0v) is 16.9. The molecule has 0 N–H and O–H groups in total. The average Bonchev–Trinajstić information content (AvgIpc) is 2.76. The topological polar surface area (TPSA) is 50.1 Å². The smallest absolute Gasteiger partial charge is 0.199 e. The summed E-state index contributed by atoms with van der Waals surface area (Å²) in [4.78, 5) is 13.5. The number of nitriles is 1. The van der Waals surface area contributed by atoms with E-state index in [9.17, 15) is 10.1 Å². The number of benzene rings is 2. The van der Waals surface area contributed by atoms with Gasteiger partial charge in [-0.1, -0.05) is 99.7 Å². The van der Waals surface area contributed by atoms with Crippen LogP contribution in [0, 0.1) is 11.3 Å². The quantitative estimate of drug-likeness (QED) is 0.298. The van der Waals surface area contributed by atoms with E-state index in [0.29, 0.717) is 18.6 Å². The van der Waals surface area contributed by atoms with Crippen molar-refractivity contribution in [3.8, 4) is 6.07 Å². The van der Waals surface area contributed by atoms with E-state index in [1.807, 2.05) is 60.7 Å². The van der Waals surface area contributed by atoms with Crippen molar-refractivity contribution in [1.29, 1.82) is 5.26 Å². The van der Waals surface area contributed by atoms with Crippen LogP contribution in [0.1, 0.15) is 74.2 Å². The third-order valence-electron chi connectivity index (χ3n) is 5.08. The summed E-state index contributed by atoms with van der Waals surface area (Å²) in [5.41, 5.74) is 0.333. The van der Waals surface area contributed by atoms with Gasteiger partial charge in [-0.25, -0.2) is 0 Å². The SMILES string of the molecule is CCCCCCCCOC(CCC#N)(C(=O)c1ccccc1)c1ccccc1. The Morgan fingerprint density at radius 2 is 1.54 bits per heavy atom. The van der Waals surface area contributed by atoms with Gasteiger partial charge in [-0.2, -0.15) is 5.26 Å². The molecule has 0 saturated heterocycles. The molecule has 2 aromatic rings. The molecule has 1 atom stereocenters. The van der Waals surface area contributed by atoms with Crippen molar-refractivity contribution < 1.29 is 9.53 Å². The highest BCUT2D eigenvalue weighted by Crippen LogP contribution is 2.35. The second-order valence-electron chi connectivity index (χ2n) is 7.16. The molecule has 0 aliphatic carbocycles. The number of ether oxygens (including phenoxy) is 1. The first-order valence-electron chi connectivity index (χ1n) is 10.4. The number of carbonyl (C=O) groups excluding carboxylic acids is 1. The van der Waals surface area contributed by atoms with Crippen molar-refractivity contribution in [2.75, 3.05) is 6.61 Å². The van der Waals surface area contributed by atoms with E-state index >= 15 is 0 Å². The molecule has 1 unspecified atom stereocenters. The average molecular weight is 378 g/mol. The molecule has 0 aromatic heterocycles. The van der Waals surface area contributed by atoms with Gasteiger partial charge in [0.2, 0.25) is 0 Å². The van der Waals surface area contributed by atoms with Crippen molar-refractivity contribution >= 4 is 5.78 Å². The first-order valence-corrected chi connectivity index (χ1v) is 10.4. The van der Waals surface area contributed by atoms with Gasteiger partial charge in [0.15, 0.2) is 11.4 Å². The van der Waals surface area contributed by atoms with Gasteiger partial charge >= 0.3 is 0 Å². The van der Waals surface area contributed by atoms with Gasteiger partial charge in [0, 0.05) is 25.0 Å². The maximum Gasteiger partial charge on any atom is 0.199 e. The lowest BCUT2D eigenvalue weighted by atomic mass is 9.82. The lowest BCUT2D eigenvalue weighted by Crippen LogP contribution is -2.39. The normalized spacial score (nSPS) is 12.9. The van der Waals surface area contributed by atoms with Gasteiger partial charge in [-0.15, -0.1) is 0 Å². The van der Waals surface area contributed by atoms with E-state index in [1.165, 1.54) is 25.7 Å². The molecular formula is C25H31NO2. The second kappa shape index (κ2) is 12.1. The Morgan fingerprint density at radius 1 is 0.929 bits per heavy atom. The van der Waals surface area contributed by atoms with Crippen molar-refractivity contribution in [2.45, 2.75) is 63.9 Å². The Balaban J connectivity index is 2.22. The minimum atomic E-state index is -1.11. The third-order valence-corrected chi connectivity index (χ3v) is 5.08. The number of carbonyl (C=O) groups is 1. The highest BCUT2D eigenvalue weighted by molar-refractivity contribution is 6.03. The summed E-state index contributed by atoms with van der Waals surface area (Å²) in [6.45, 7) is 2.73. The standard InChI is InChI=1S/C25H31NO2/c1-2-3-4-5-6-13-21-28-25(19-14-20-26,23-17-11-8-12-18-23)24(27)22-15-9-7-10-16-22/h7-12,15-18H,2-6,13-14,19,21H2,1H3. The summed E-state index contributed by atoms with van der Waals surface area (Å²) in [7, 11) is 0. The van der Waals surface area contributed by atoms with Crippen LogP contribution in [0.25, 0.3) is 0 Å². The fourth-order valence-corrected chi connectivity index (χ4v) is 3.50. The molecule has 0 spiro atoms. The van der Waals surface area contributed by atoms with Crippen molar-refractivity contribution in [2.24, 2.45) is 0 Å². The molecule has 0 radical (unpaired) electrons. The molecule has 2 aromatic carbocycles. The van der Waals surface area contributed by atoms with E-state index in [2.05, 4.69) is 13.0 Å². The monoisotopic (exact) mass is 377 g/mol. The molecule has 0 bridgehead atoms. The van der Waals surface area contributed by atoms with Crippen LogP contribution in [0.3, 0.4) is 0 Å².